The van der Waals surface area contributed by atoms with Crippen molar-refractivity contribution in [2.75, 3.05) is 6.54 Å². The van der Waals surface area contributed by atoms with E-state index in [9.17, 15) is 24.3 Å². The van der Waals surface area contributed by atoms with E-state index in [1.165, 1.54) is 0 Å². The first-order chi connectivity index (χ1) is 9.75. The molecule has 0 unspecified atom stereocenters. The third kappa shape index (κ3) is 4.15. The highest BCUT2D eigenvalue weighted by Gasteiger charge is 2.36. The van der Waals surface area contributed by atoms with Gasteiger partial charge in [-0.05, 0) is 26.2 Å². The van der Waals surface area contributed by atoms with Crippen molar-refractivity contribution >= 4 is 23.8 Å². The molecule has 4 N–H and O–H groups in total. The van der Waals surface area contributed by atoms with Gasteiger partial charge in [0.1, 0.15) is 6.04 Å². The van der Waals surface area contributed by atoms with Crippen molar-refractivity contribution in [2.24, 2.45) is 0 Å². The number of likely N-dealkylation sites (tertiary alicyclic amines) is 1. The highest BCUT2D eigenvalue weighted by atomic mass is 16.4. The first-order valence-corrected chi connectivity index (χ1v) is 6.50. The Morgan fingerprint density at radius 3 is 2.29 bits per heavy atom. The summed E-state index contributed by atoms with van der Waals surface area (Å²) in [5, 5.41) is 29.0. The molecule has 0 bridgehead atoms. The van der Waals surface area contributed by atoms with Crippen molar-refractivity contribution in [1.29, 1.82) is 0 Å². The molecule has 1 aliphatic heterocycles. The molecule has 0 radical (unpaired) electrons. The molecule has 1 rings (SSSR count). The van der Waals surface area contributed by atoms with Crippen LogP contribution >= 0.6 is 0 Å². The number of carbonyl (C=O) groups is 4. The van der Waals surface area contributed by atoms with Crippen molar-refractivity contribution in [3.05, 3.63) is 0 Å². The fourth-order valence-corrected chi connectivity index (χ4v) is 2.15. The molecule has 21 heavy (non-hydrogen) atoms. The zero-order valence-corrected chi connectivity index (χ0v) is 11.5. The van der Waals surface area contributed by atoms with Gasteiger partial charge in [-0.3, -0.25) is 9.59 Å². The number of rotatable bonds is 4. The highest BCUT2D eigenvalue weighted by molar-refractivity contribution is 6.35. The number of nitrogens with one attached hydrogen (secondary N) is 1. The Morgan fingerprint density at radius 2 is 1.81 bits per heavy atom. The van der Waals surface area contributed by atoms with E-state index in [0.29, 0.717) is 12.8 Å². The number of carboxylic acid groups (broad SMARTS) is 2. The number of hydrogen-bond donors (Lipinski definition) is 4. The van der Waals surface area contributed by atoms with Gasteiger partial charge in [0.15, 0.2) is 6.04 Å². The van der Waals surface area contributed by atoms with Crippen molar-refractivity contribution in [2.45, 2.75) is 44.4 Å². The molecule has 1 heterocycles. The summed E-state index contributed by atoms with van der Waals surface area (Å²) in [7, 11) is 0. The number of amides is 2. The Bertz CT molecular complexity index is 449. The number of nitrogens with zero attached hydrogens (tertiary/aromatic N) is 1. The summed E-state index contributed by atoms with van der Waals surface area (Å²) in [6.07, 6.45) is 0.0542. The van der Waals surface area contributed by atoms with Crippen LogP contribution in [0.5, 0.6) is 0 Å². The molecule has 0 aromatic carbocycles. The normalized spacial score (nSPS) is 21.2. The minimum absolute atomic E-state index is 0.121. The lowest BCUT2D eigenvalue weighted by Gasteiger charge is -2.32. The standard InChI is InChI=1S/C12H18N2O7/c1-6(15)8(12(20)21)13-9(16)10(17)14-5-3-2-4-7(14)11(18)19/h6-8,15H,2-5H2,1H3,(H,13,16)(H,18,19)(H,20,21)/t6-,7+,8+/m1/s1. The van der Waals surface area contributed by atoms with E-state index in [4.69, 9.17) is 10.2 Å². The Labute approximate surface area is 120 Å². The summed E-state index contributed by atoms with van der Waals surface area (Å²) in [6.45, 7) is 1.28. The van der Waals surface area contributed by atoms with E-state index in [1.807, 2.05) is 5.32 Å². The molecule has 2 amide bonds. The summed E-state index contributed by atoms with van der Waals surface area (Å²) < 4.78 is 0. The van der Waals surface area contributed by atoms with Gasteiger partial charge < -0.3 is 25.5 Å². The number of hydrogen-bond acceptors (Lipinski definition) is 5. The van der Waals surface area contributed by atoms with Gasteiger partial charge in [-0.2, -0.15) is 0 Å². The molecule has 0 aromatic heterocycles. The number of piperidine rings is 1. The molecule has 0 aliphatic carbocycles. The lowest BCUT2D eigenvalue weighted by atomic mass is 10.0. The minimum Gasteiger partial charge on any atom is -0.480 e. The highest BCUT2D eigenvalue weighted by Crippen LogP contribution is 2.17. The van der Waals surface area contributed by atoms with Gasteiger partial charge in [-0.15, -0.1) is 0 Å². The lowest BCUT2D eigenvalue weighted by Crippen LogP contribution is -2.56. The zero-order valence-electron chi connectivity index (χ0n) is 11.5. The maximum Gasteiger partial charge on any atom is 0.328 e. The van der Waals surface area contributed by atoms with Crippen LogP contribution in [0.25, 0.3) is 0 Å². The second kappa shape index (κ2) is 7.02. The van der Waals surface area contributed by atoms with Crippen molar-refractivity contribution in [3.63, 3.8) is 0 Å². The van der Waals surface area contributed by atoms with Crippen LogP contribution in [-0.4, -0.2) is 68.7 Å². The predicted octanol–water partition coefficient (Wildman–Crippen LogP) is -1.60. The van der Waals surface area contributed by atoms with Crippen LogP contribution in [0.1, 0.15) is 26.2 Å². The SMILES string of the molecule is C[C@@H](O)[C@H](NC(=O)C(=O)N1CCCC[C@H]1C(=O)O)C(=O)O. The minimum atomic E-state index is -1.63. The summed E-state index contributed by atoms with van der Waals surface area (Å²) in [5.41, 5.74) is 0. The molecule has 0 spiro atoms. The fraction of sp³-hybridized carbons (Fsp3) is 0.667. The van der Waals surface area contributed by atoms with Gasteiger partial charge in [0, 0.05) is 6.54 Å². The Kier molecular flexibility index (Phi) is 5.65. The van der Waals surface area contributed by atoms with Crippen LogP contribution in [0.2, 0.25) is 0 Å². The van der Waals surface area contributed by atoms with Gasteiger partial charge in [0.05, 0.1) is 6.10 Å². The van der Waals surface area contributed by atoms with Crippen LogP contribution in [0, 0.1) is 0 Å². The fourth-order valence-electron chi connectivity index (χ4n) is 2.15. The van der Waals surface area contributed by atoms with Crippen LogP contribution in [0.3, 0.4) is 0 Å². The number of aliphatic hydroxyl groups is 1. The molecule has 0 aromatic rings. The van der Waals surface area contributed by atoms with E-state index >= 15 is 0 Å². The topological polar surface area (TPSA) is 144 Å². The maximum absolute atomic E-state index is 12.0. The van der Waals surface area contributed by atoms with Gasteiger partial charge >= 0.3 is 23.8 Å². The third-order valence-electron chi connectivity index (χ3n) is 3.28. The van der Waals surface area contributed by atoms with E-state index in [0.717, 1.165) is 11.8 Å². The van der Waals surface area contributed by atoms with Crippen LogP contribution in [0.4, 0.5) is 0 Å². The third-order valence-corrected chi connectivity index (χ3v) is 3.28. The summed E-state index contributed by atoms with van der Waals surface area (Å²) in [5.74, 6) is -5.04. The van der Waals surface area contributed by atoms with E-state index in [-0.39, 0.29) is 13.0 Å². The molecule has 1 saturated heterocycles. The maximum atomic E-state index is 12.0. The number of aliphatic hydroxyl groups excluding tert-OH is 1. The van der Waals surface area contributed by atoms with Crippen LogP contribution in [-0.2, 0) is 19.2 Å². The van der Waals surface area contributed by atoms with E-state index in [1.54, 1.807) is 0 Å². The van der Waals surface area contributed by atoms with Gasteiger partial charge in [-0.25, -0.2) is 9.59 Å². The molecule has 0 saturated carbocycles. The van der Waals surface area contributed by atoms with Crippen molar-refractivity contribution in [1.82, 2.24) is 10.2 Å². The summed E-state index contributed by atoms with van der Waals surface area (Å²) in [4.78, 5) is 46.6. The molecule has 3 atom stereocenters. The van der Waals surface area contributed by atoms with Crippen molar-refractivity contribution in [3.8, 4) is 0 Å². The number of carbonyl (C=O) groups excluding carboxylic acids is 2. The molecule has 1 aliphatic rings. The molecular formula is C12H18N2O7. The Morgan fingerprint density at radius 1 is 1.19 bits per heavy atom. The number of aliphatic carboxylic acids is 2. The quantitative estimate of drug-likeness (QED) is 0.458. The Balaban J connectivity index is 2.78. The average Bonchev–Trinajstić information content (AvgIpc) is 2.42. The average molecular weight is 302 g/mol. The summed E-state index contributed by atoms with van der Waals surface area (Å²) in [6, 6.07) is -2.72. The monoisotopic (exact) mass is 302 g/mol. The number of carboxylic acids is 2. The Hall–Kier alpha value is -2.16. The molecule has 9 nitrogen and oxygen atoms in total. The van der Waals surface area contributed by atoms with E-state index in [2.05, 4.69) is 0 Å². The largest absolute Gasteiger partial charge is 0.480 e. The first kappa shape index (κ1) is 16.9. The van der Waals surface area contributed by atoms with Gasteiger partial charge in [-0.1, -0.05) is 0 Å². The summed E-state index contributed by atoms with van der Waals surface area (Å²) >= 11 is 0. The van der Waals surface area contributed by atoms with Gasteiger partial charge in [0.25, 0.3) is 0 Å². The van der Waals surface area contributed by atoms with Crippen LogP contribution < -0.4 is 5.32 Å². The van der Waals surface area contributed by atoms with Crippen LogP contribution in [0.15, 0.2) is 0 Å². The smallest absolute Gasteiger partial charge is 0.328 e. The zero-order chi connectivity index (χ0) is 16.2. The second-order valence-corrected chi connectivity index (χ2v) is 4.88. The van der Waals surface area contributed by atoms with E-state index < -0.39 is 41.9 Å². The molecule has 9 heteroatoms. The predicted molar refractivity (Wildman–Crippen MR) is 68.2 cm³/mol. The molecule has 118 valence electrons. The van der Waals surface area contributed by atoms with Crippen molar-refractivity contribution < 1.29 is 34.5 Å². The lowest BCUT2D eigenvalue weighted by molar-refractivity contribution is -0.157. The van der Waals surface area contributed by atoms with Gasteiger partial charge in [0.2, 0.25) is 0 Å². The molecule has 1 fully saturated rings. The molecular weight excluding hydrogens is 284 g/mol. The second-order valence-electron chi connectivity index (χ2n) is 4.88. The first-order valence-electron chi connectivity index (χ1n) is 6.50.